The largest absolute Gasteiger partial charge is 0.449 e. The molecule has 0 radical (unpaired) electrons. The van der Waals surface area contributed by atoms with Crippen LogP contribution in [0.3, 0.4) is 0 Å². The molecule has 0 N–H and O–H groups in total. The fraction of sp³-hybridized carbons (Fsp3) is 0.667. The minimum absolute atomic E-state index is 0.358. The van der Waals surface area contributed by atoms with Gasteiger partial charge in [0.15, 0.2) is 0 Å². The highest BCUT2D eigenvalue weighted by atomic mass is 16.6. The minimum atomic E-state index is -0.600. The molecule has 0 bridgehead atoms. The van der Waals surface area contributed by atoms with Gasteiger partial charge in [-0.25, -0.2) is 4.79 Å². The SMILES string of the molecule is CCCOC(=O)N(C)C=O. The molecule has 0 aromatic rings. The smallest absolute Gasteiger partial charge is 0.416 e. The molecule has 0 fully saturated rings. The van der Waals surface area contributed by atoms with E-state index in [-0.39, 0.29) is 0 Å². The van der Waals surface area contributed by atoms with Gasteiger partial charge in [-0.3, -0.25) is 9.69 Å². The molecular weight excluding hydrogens is 134 g/mol. The number of hydrogen-bond donors (Lipinski definition) is 0. The third-order valence-corrected chi connectivity index (χ3v) is 0.876. The van der Waals surface area contributed by atoms with Crippen molar-refractivity contribution in [3.05, 3.63) is 0 Å². The number of ether oxygens (including phenoxy) is 1. The average Bonchev–Trinajstić information content (AvgIpc) is 1.98. The number of amides is 2. The summed E-state index contributed by atoms with van der Waals surface area (Å²) < 4.78 is 4.60. The summed E-state index contributed by atoms with van der Waals surface area (Å²) in [5, 5.41) is 0. The van der Waals surface area contributed by atoms with Crippen molar-refractivity contribution in [2.45, 2.75) is 13.3 Å². The lowest BCUT2D eigenvalue weighted by atomic mass is 10.5. The molecule has 4 heteroatoms. The molecule has 0 rings (SSSR count). The first kappa shape index (κ1) is 8.94. The Morgan fingerprint density at radius 3 is 2.70 bits per heavy atom. The normalized spacial score (nSPS) is 8.60. The van der Waals surface area contributed by atoms with Crippen LogP contribution in [0.5, 0.6) is 0 Å². The lowest BCUT2D eigenvalue weighted by Gasteiger charge is -2.07. The molecule has 0 spiro atoms. The molecule has 0 atom stereocenters. The predicted molar refractivity (Wildman–Crippen MR) is 35.5 cm³/mol. The third-order valence-electron chi connectivity index (χ3n) is 0.876. The van der Waals surface area contributed by atoms with E-state index in [1.165, 1.54) is 7.05 Å². The number of imide groups is 1. The third kappa shape index (κ3) is 3.06. The second-order valence-corrected chi connectivity index (χ2v) is 1.83. The van der Waals surface area contributed by atoms with Gasteiger partial charge >= 0.3 is 6.09 Å². The average molecular weight is 145 g/mol. The Kier molecular flexibility index (Phi) is 4.28. The van der Waals surface area contributed by atoms with E-state index in [2.05, 4.69) is 4.74 Å². The van der Waals surface area contributed by atoms with Crippen molar-refractivity contribution in [2.75, 3.05) is 13.7 Å². The predicted octanol–water partition coefficient (Wildman–Crippen LogP) is 0.621. The molecular formula is C6H11NO3. The van der Waals surface area contributed by atoms with Gasteiger partial charge in [-0.05, 0) is 6.42 Å². The van der Waals surface area contributed by atoms with Crippen molar-refractivity contribution >= 4 is 12.5 Å². The Morgan fingerprint density at radius 2 is 2.30 bits per heavy atom. The number of nitrogens with zero attached hydrogens (tertiary/aromatic N) is 1. The standard InChI is InChI=1S/C6H11NO3/c1-3-4-10-6(9)7(2)5-8/h5H,3-4H2,1-2H3. The summed E-state index contributed by atoms with van der Waals surface area (Å²) in [5.41, 5.74) is 0. The summed E-state index contributed by atoms with van der Waals surface area (Å²) >= 11 is 0. The minimum Gasteiger partial charge on any atom is -0.449 e. The van der Waals surface area contributed by atoms with Crippen LogP contribution in [0.25, 0.3) is 0 Å². The first-order chi connectivity index (χ1) is 4.72. The van der Waals surface area contributed by atoms with E-state index >= 15 is 0 Å². The van der Waals surface area contributed by atoms with Gasteiger partial charge in [0.05, 0.1) is 6.61 Å². The summed E-state index contributed by atoms with van der Waals surface area (Å²) in [4.78, 5) is 21.4. The van der Waals surface area contributed by atoms with Gasteiger partial charge < -0.3 is 4.74 Å². The van der Waals surface area contributed by atoms with Crippen molar-refractivity contribution in [1.82, 2.24) is 4.90 Å². The van der Waals surface area contributed by atoms with Crippen molar-refractivity contribution in [2.24, 2.45) is 0 Å². The van der Waals surface area contributed by atoms with E-state index in [0.717, 1.165) is 11.3 Å². The molecule has 2 amide bonds. The van der Waals surface area contributed by atoms with Crippen molar-refractivity contribution in [3.63, 3.8) is 0 Å². The van der Waals surface area contributed by atoms with Crippen LogP contribution in [0, 0.1) is 0 Å². The van der Waals surface area contributed by atoms with Crippen LogP contribution in [0.15, 0.2) is 0 Å². The maximum absolute atomic E-state index is 10.6. The van der Waals surface area contributed by atoms with Crippen molar-refractivity contribution in [3.8, 4) is 0 Å². The maximum atomic E-state index is 10.6. The number of carbonyl (C=O) groups is 2. The van der Waals surface area contributed by atoms with E-state index in [1.807, 2.05) is 6.92 Å². The Bertz CT molecular complexity index is 124. The van der Waals surface area contributed by atoms with E-state index < -0.39 is 6.09 Å². The van der Waals surface area contributed by atoms with Gasteiger partial charge in [0.1, 0.15) is 0 Å². The molecule has 10 heavy (non-hydrogen) atoms. The molecule has 0 heterocycles. The van der Waals surface area contributed by atoms with E-state index in [0.29, 0.717) is 13.0 Å². The van der Waals surface area contributed by atoms with Gasteiger partial charge in [-0.15, -0.1) is 0 Å². The van der Waals surface area contributed by atoms with E-state index in [1.54, 1.807) is 0 Å². The second-order valence-electron chi connectivity index (χ2n) is 1.83. The van der Waals surface area contributed by atoms with Gasteiger partial charge in [-0.2, -0.15) is 0 Å². The van der Waals surface area contributed by atoms with Crippen molar-refractivity contribution < 1.29 is 14.3 Å². The summed E-state index contributed by atoms with van der Waals surface area (Å²) in [6.45, 7) is 2.24. The first-order valence-electron chi connectivity index (χ1n) is 3.07. The Morgan fingerprint density at radius 1 is 1.70 bits per heavy atom. The zero-order chi connectivity index (χ0) is 7.98. The molecule has 0 aliphatic rings. The van der Waals surface area contributed by atoms with Crippen LogP contribution in [0.2, 0.25) is 0 Å². The fourth-order valence-electron chi connectivity index (χ4n) is 0.334. The molecule has 0 aliphatic carbocycles. The Balaban J connectivity index is 3.51. The zero-order valence-electron chi connectivity index (χ0n) is 6.16. The van der Waals surface area contributed by atoms with Crippen LogP contribution < -0.4 is 0 Å². The highest BCUT2D eigenvalue weighted by Crippen LogP contribution is 1.87. The monoisotopic (exact) mass is 145 g/mol. The van der Waals surface area contributed by atoms with Crippen LogP contribution in [-0.4, -0.2) is 31.1 Å². The molecule has 4 nitrogen and oxygen atoms in total. The summed E-state index contributed by atoms with van der Waals surface area (Å²) in [6.07, 6.45) is 0.577. The topological polar surface area (TPSA) is 46.6 Å². The zero-order valence-corrected chi connectivity index (χ0v) is 6.16. The molecule has 0 aromatic heterocycles. The lowest BCUT2D eigenvalue weighted by molar-refractivity contribution is -0.115. The van der Waals surface area contributed by atoms with Crippen LogP contribution in [0.4, 0.5) is 4.79 Å². The quantitative estimate of drug-likeness (QED) is 0.547. The molecule has 0 aromatic carbocycles. The van der Waals surface area contributed by atoms with E-state index in [4.69, 9.17) is 0 Å². The van der Waals surface area contributed by atoms with Crippen LogP contribution in [0.1, 0.15) is 13.3 Å². The Labute approximate surface area is 59.8 Å². The molecule has 0 saturated heterocycles. The number of carbonyl (C=O) groups excluding carboxylic acids is 2. The first-order valence-corrected chi connectivity index (χ1v) is 3.07. The maximum Gasteiger partial charge on any atom is 0.416 e. The summed E-state index contributed by atoms with van der Waals surface area (Å²) in [7, 11) is 1.35. The molecule has 0 unspecified atom stereocenters. The highest BCUT2D eigenvalue weighted by molar-refractivity contribution is 5.79. The highest BCUT2D eigenvalue weighted by Gasteiger charge is 2.05. The summed E-state index contributed by atoms with van der Waals surface area (Å²) in [5.74, 6) is 0. The van der Waals surface area contributed by atoms with Crippen LogP contribution in [-0.2, 0) is 9.53 Å². The fourth-order valence-corrected chi connectivity index (χ4v) is 0.334. The van der Waals surface area contributed by atoms with Gasteiger partial charge in [-0.1, -0.05) is 6.92 Å². The van der Waals surface area contributed by atoms with Crippen LogP contribution >= 0.6 is 0 Å². The molecule has 0 saturated carbocycles. The number of rotatable bonds is 3. The summed E-state index contributed by atoms with van der Waals surface area (Å²) in [6, 6.07) is 0. The van der Waals surface area contributed by atoms with Gasteiger partial charge in [0.2, 0.25) is 6.41 Å². The van der Waals surface area contributed by atoms with E-state index in [9.17, 15) is 9.59 Å². The van der Waals surface area contributed by atoms with Crippen molar-refractivity contribution in [1.29, 1.82) is 0 Å². The molecule has 0 aliphatic heterocycles. The van der Waals surface area contributed by atoms with Gasteiger partial charge in [0, 0.05) is 7.05 Å². The Hall–Kier alpha value is -1.06. The molecule has 58 valence electrons. The lowest BCUT2D eigenvalue weighted by Crippen LogP contribution is -2.25. The van der Waals surface area contributed by atoms with Gasteiger partial charge in [0.25, 0.3) is 0 Å². The number of hydrogen-bond acceptors (Lipinski definition) is 3. The second kappa shape index (κ2) is 4.78.